The molecule has 0 unspecified atom stereocenters. The first kappa shape index (κ1) is 17.1. The molecule has 2 fully saturated rings. The summed E-state index contributed by atoms with van der Waals surface area (Å²) in [6.45, 7) is 8.45. The van der Waals surface area contributed by atoms with Crippen LogP contribution in [0, 0.1) is 13.8 Å². The maximum absolute atomic E-state index is 6.15. The van der Waals surface area contributed by atoms with Gasteiger partial charge in [-0.3, -0.25) is 9.88 Å². The molecular weight excluding hydrogens is 334 g/mol. The molecule has 2 saturated heterocycles. The number of rotatable bonds is 5. The molecule has 0 amide bonds. The van der Waals surface area contributed by atoms with Gasteiger partial charge in [-0.2, -0.15) is 0 Å². The first-order valence-corrected chi connectivity index (χ1v) is 9.79. The summed E-state index contributed by atoms with van der Waals surface area (Å²) in [6, 6.07) is 6.09. The van der Waals surface area contributed by atoms with Gasteiger partial charge in [-0.05, 0) is 32.4 Å². The highest BCUT2D eigenvalue weighted by molar-refractivity contribution is 7.09. The van der Waals surface area contributed by atoms with Crippen molar-refractivity contribution in [1.29, 1.82) is 0 Å². The summed E-state index contributed by atoms with van der Waals surface area (Å²) >= 11 is 1.74. The van der Waals surface area contributed by atoms with Gasteiger partial charge in [0, 0.05) is 43.2 Å². The van der Waals surface area contributed by atoms with Gasteiger partial charge < -0.3 is 9.47 Å². The monoisotopic (exact) mass is 359 g/mol. The summed E-state index contributed by atoms with van der Waals surface area (Å²) in [5.41, 5.74) is 5.12. The lowest BCUT2D eigenvalue weighted by molar-refractivity contribution is -0.200. The Hall–Kier alpha value is -1.34. The lowest BCUT2D eigenvalue weighted by atomic mass is 9.84. The molecule has 2 aromatic rings. The molecule has 0 radical (unpaired) electrons. The van der Waals surface area contributed by atoms with E-state index in [1.807, 2.05) is 30.6 Å². The van der Waals surface area contributed by atoms with Crippen LogP contribution in [-0.4, -0.2) is 46.3 Å². The minimum absolute atomic E-state index is 0.0124. The van der Waals surface area contributed by atoms with E-state index in [2.05, 4.69) is 21.8 Å². The summed E-state index contributed by atoms with van der Waals surface area (Å²) in [5.74, 6) is 0. The van der Waals surface area contributed by atoms with E-state index in [9.17, 15) is 0 Å². The number of likely N-dealkylation sites (tertiary alicyclic amines) is 1. The molecule has 0 saturated carbocycles. The van der Waals surface area contributed by atoms with Crippen LogP contribution in [0.3, 0.4) is 0 Å². The van der Waals surface area contributed by atoms with Gasteiger partial charge in [-0.1, -0.05) is 6.07 Å². The van der Waals surface area contributed by atoms with Crippen LogP contribution in [0.2, 0.25) is 0 Å². The summed E-state index contributed by atoms with van der Waals surface area (Å²) in [7, 11) is 0. The number of pyridine rings is 1. The average Bonchev–Trinajstić information content (AvgIpc) is 2.97. The molecule has 2 aliphatic rings. The largest absolute Gasteiger partial charge is 0.372 e. The van der Waals surface area contributed by atoms with Gasteiger partial charge >= 0.3 is 0 Å². The Labute approximate surface area is 153 Å². The molecule has 1 atom stereocenters. The fourth-order valence-corrected chi connectivity index (χ4v) is 4.61. The predicted octanol–water partition coefficient (Wildman–Crippen LogP) is 3.11. The van der Waals surface area contributed by atoms with E-state index in [1.165, 1.54) is 4.88 Å². The molecule has 4 rings (SSSR count). The molecule has 4 heterocycles. The zero-order valence-corrected chi connectivity index (χ0v) is 15.7. The van der Waals surface area contributed by atoms with Gasteiger partial charge in [0.05, 0.1) is 35.2 Å². The van der Waals surface area contributed by atoms with Crippen LogP contribution in [0.25, 0.3) is 0 Å². The van der Waals surface area contributed by atoms with Gasteiger partial charge in [0.2, 0.25) is 0 Å². The molecule has 0 N–H and O–H groups in total. The van der Waals surface area contributed by atoms with Crippen molar-refractivity contribution in [3.8, 4) is 0 Å². The van der Waals surface area contributed by atoms with E-state index in [1.54, 1.807) is 11.3 Å². The second-order valence-electron chi connectivity index (χ2n) is 7.23. The van der Waals surface area contributed by atoms with Crippen LogP contribution >= 0.6 is 11.3 Å². The Balaban J connectivity index is 1.28. The highest BCUT2D eigenvalue weighted by Gasteiger charge is 2.47. The highest BCUT2D eigenvalue weighted by atomic mass is 32.1. The Kier molecular flexibility index (Phi) is 4.86. The lowest BCUT2D eigenvalue weighted by Crippen LogP contribution is -2.65. The average molecular weight is 359 g/mol. The van der Waals surface area contributed by atoms with Crippen LogP contribution in [0.15, 0.2) is 23.7 Å². The number of aryl methyl sites for hydroxylation is 2. The number of nitrogens with zero attached hydrogens (tertiary/aromatic N) is 3. The Morgan fingerprint density at radius 2 is 2.24 bits per heavy atom. The third kappa shape index (κ3) is 3.92. The molecule has 0 bridgehead atoms. The first-order chi connectivity index (χ1) is 12.1. The Bertz CT molecular complexity index is 727. The summed E-state index contributed by atoms with van der Waals surface area (Å²) < 4.78 is 12.3. The van der Waals surface area contributed by atoms with Crippen LogP contribution < -0.4 is 0 Å². The molecule has 1 spiro atoms. The number of thiazole rings is 1. The standard InChI is InChI=1S/C19H25N3O2S/c1-14-4-3-5-16(21-14)10-23-17-6-7-24-19(8-17)11-22(12-19)9-18-15(2)20-13-25-18/h3-5,13,17H,6-12H2,1-2H3/t17-/m1/s1. The minimum Gasteiger partial charge on any atom is -0.372 e. The molecule has 25 heavy (non-hydrogen) atoms. The quantitative estimate of drug-likeness (QED) is 0.821. The molecule has 134 valence electrons. The predicted molar refractivity (Wildman–Crippen MR) is 97.6 cm³/mol. The maximum Gasteiger partial charge on any atom is 0.0959 e. The van der Waals surface area contributed by atoms with Gasteiger partial charge in [0.15, 0.2) is 0 Å². The van der Waals surface area contributed by atoms with Gasteiger partial charge in [-0.25, -0.2) is 4.98 Å². The van der Waals surface area contributed by atoms with Crippen LogP contribution in [0.4, 0.5) is 0 Å². The summed E-state index contributed by atoms with van der Waals surface area (Å²) in [4.78, 5) is 12.7. The van der Waals surface area contributed by atoms with Crippen molar-refractivity contribution >= 4 is 11.3 Å². The van der Waals surface area contributed by atoms with Crippen molar-refractivity contribution in [3.05, 3.63) is 45.7 Å². The van der Waals surface area contributed by atoms with E-state index in [0.717, 1.165) is 56.2 Å². The third-order valence-electron chi connectivity index (χ3n) is 5.10. The van der Waals surface area contributed by atoms with Crippen LogP contribution in [0.5, 0.6) is 0 Å². The van der Waals surface area contributed by atoms with E-state index in [4.69, 9.17) is 9.47 Å². The molecule has 0 aromatic carbocycles. The topological polar surface area (TPSA) is 47.5 Å². The molecule has 2 aromatic heterocycles. The molecule has 6 heteroatoms. The van der Waals surface area contributed by atoms with Gasteiger partial charge in [0.1, 0.15) is 0 Å². The SMILES string of the molecule is Cc1cccc(CO[C@@H]2CCOC3(C2)CN(Cc2scnc2C)C3)n1. The summed E-state index contributed by atoms with van der Waals surface area (Å²) in [6.07, 6.45) is 2.22. The first-order valence-electron chi connectivity index (χ1n) is 8.91. The Morgan fingerprint density at radius 1 is 1.36 bits per heavy atom. The molecular formula is C19H25N3O2S. The molecule has 5 nitrogen and oxygen atoms in total. The van der Waals surface area contributed by atoms with Gasteiger partial charge in [0.25, 0.3) is 0 Å². The number of hydrogen-bond donors (Lipinski definition) is 0. The second kappa shape index (κ2) is 7.11. The second-order valence-corrected chi connectivity index (χ2v) is 8.17. The molecule has 2 aliphatic heterocycles. The molecule has 0 aliphatic carbocycles. The number of ether oxygens (including phenoxy) is 2. The van der Waals surface area contributed by atoms with Crippen LogP contribution in [-0.2, 0) is 22.6 Å². The van der Waals surface area contributed by atoms with Crippen molar-refractivity contribution < 1.29 is 9.47 Å². The normalized spacial score (nSPS) is 22.9. The van der Waals surface area contributed by atoms with Gasteiger partial charge in [-0.15, -0.1) is 11.3 Å². The third-order valence-corrected chi connectivity index (χ3v) is 6.02. The van der Waals surface area contributed by atoms with E-state index in [0.29, 0.717) is 6.61 Å². The lowest BCUT2D eigenvalue weighted by Gasteiger charge is -2.53. The Morgan fingerprint density at radius 3 is 3.00 bits per heavy atom. The van der Waals surface area contributed by atoms with E-state index in [-0.39, 0.29) is 11.7 Å². The number of aromatic nitrogens is 2. The number of hydrogen-bond acceptors (Lipinski definition) is 6. The van der Waals surface area contributed by atoms with Crippen LogP contribution in [0.1, 0.15) is 34.8 Å². The van der Waals surface area contributed by atoms with E-state index < -0.39 is 0 Å². The zero-order chi connectivity index (χ0) is 17.3. The van der Waals surface area contributed by atoms with Crippen molar-refractivity contribution in [3.63, 3.8) is 0 Å². The minimum atomic E-state index is -0.0124. The highest BCUT2D eigenvalue weighted by Crippen LogP contribution is 2.36. The zero-order valence-electron chi connectivity index (χ0n) is 14.9. The van der Waals surface area contributed by atoms with Crippen molar-refractivity contribution in [1.82, 2.24) is 14.9 Å². The van der Waals surface area contributed by atoms with E-state index >= 15 is 0 Å². The van der Waals surface area contributed by atoms with Crippen molar-refractivity contribution in [2.45, 2.75) is 51.5 Å². The fraction of sp³-hybridized carbons (Fsp3) is 0.579. The summed E-state index contributed by atoms with van der Waals surface area (Å²) in [5, 5.41) is 0. The maximum atomic E-state index is 6.15. The van der Waals surface area contributed by atoms with Crippen molar-refractivity contribution in [2.75, 3.05) is 19.7 Å². The smallest absolute Gasteiger partial charge is 0.0959 e. The fourth-order valence-electron chi connectivity index (χ4n) is 3.79. The van der Waals surface area contributed by atoms with Crippen molar-refractivity contribution in [2.24, 2.45) is 0 Å².